The standard InChI is InChI=1S/C16H18N6O7S2/c1-3-29-20-8(11-19-16(17)31-21-11)12(24)18-9-13(25)22-10(15(26)27)7(4-28-6(2)23)5-30-14(9)22/h9,14H,3-5H2,1-2H3,(H,18,24)(H,26,27)(H2,17,19,21)/b20-8-/t9-,14-/m1/s1. The quantitative estimate of drug-likeness (QED) is 0.186. The van der Waals surface area contributed by atoms with Crippen LogP contribution in [-0.2, 0) is 28.8 Å². The number of aliphatic carboxylic acids is 1. The van der Waals surface area contributed by atoms with E-state index >= 15 is 0 Å². The van der Waals surface area contributed by atoms with Gasteiger partial charge in [-0.25, -0.2) is 4.79 Å². The van der Waals surface area contributed by atoms with Gasteiger partial charge in [0.05, 0.1) is 0 Å². The Morgan fingerprint density at radius 3 is 2.74 bits per heavy atom. The molecule has 15 heteroatoms. The molecule has 0 saturated carbocycles. The van der Waals surface area contributed by atoms with Gasteiger partial charge in [-0.05, 0) is 6.92 Å². The minimum absolute atomic E-state index is 0.0526. The van der Waals surface area contributed by atoms with Gasteiger partial charge in [0.1, 0.15) is 30.3 Å². The van der Waals surface area contributed by atoms with Crippen molar-refractivity contribution < 1.29 is 33.9 Å². The smallest absolute Gasteiger partial charge is 0.352 e. The second-order valence-electron chi connectivity index (χ2n) is 6.21. The number of carboxylic acids is 1. The highest BCUT2D eigenvalue weighted by atomic mass is 32.2. The first-order chi connectivity index (χ1) is 14.7. The lowest BCUT2D eigenvalue weighted by atomic mass is 10.0. The Morgan fingerprint density at radius 1 is 1.42 bits per heavy atom. The third-order valence-electron chi connectivity index (χ3n) is 4.14. The number of esters is 1. The van der Waals surface area contributed by atoms with Crippen LogP contribution in [0.25, 0.3) is 0 Å². The molecule has 2 atom stereocenters. The van der Waals surface area contributed by atoms with Gasteiger partial charge in [-0.15, -0.1) is 11.8 Å². The number of nitrogens with two attached hydrogens (primary N) is 1. The number of β-lactam (4-membered cyclic amide) rings is 1. The number of hydrogen-bond acceptors (Lipinski definition) is 12. The molecule has 13 nitrogen and oxygen atoms in total. The van der Waals surface area contributed by atoms with Crippen molar-refractivity contribution in [3.05, 3.63) is 17.1 Å². The molecular weight excluding hydrogens is 452 g/mol. The number of ether oxygens (including phenoxy) is 1. The molecule has 0 aliphatic carbocycles. The summed E-state index contributed by atoms with van der Waals surface area (Å²) in [5, 5.41) is 15.3. The monoisotopic (exact) mass is 470 g/mol. The number of nitrogen functional groups attached to an aromatic ring is 1. The largest absolute Gasteiger partial charge is 0.477 e. The molecule has 0 radical (unpaired) electrons. The van der Waals surface area contributed by atoms with Gasteiger partial charge in [0.2, 0.25) is 11.5 Å². The van der Waals surface area contributed by atoms with Crippen molar-refractivity contribution in [1.29, 1.82) is 0 Å². The van der Waals surface area contributed by atoms with E-state index in [0.717, 1.165) is 16.4 Å². The summed E-state index contributed by atoms with van der Waals surface area (Å²) >= 11 is 2.10. The Kier molecular flexibility index (Phi) is 6.74. The fourth-order valence-electron chi connectivity index (χ4n) is 2.84. The summed E-state index contributed by atoms with van der Waals surface area (Å²) in [5.41, 5.74) is 5.34. The maximum atomic E-state index is 12.7. The van der Waals surface area contributed by atoms with Crippen LogP contribution in [0, 0.1) is 0 Å². The van der Waals surface area contributed by atoms with Crippen molar-refractivity contribution in [3.63, 3.8) is 0 Å². The van der Waals surface area contributed by atoms with Crippen LogP contribution < -0.4 is 11.1 Å². The third kappa shape index (κ3) is 4.61. The first kappa shape index (κ1) is 22.5. The molecular formula is C16H18N6O7S2. The molecule has 2 aliphatic rings. The van der Waals surface area contributed by atoms with E-state index < -0.39 is 35.2 Å². The number of nitrogens with one attached hydrogen (secondary N) is 1. The van der Waals surface area contributed by atoms with Gasteiger partial charge >= 0.3 is 11.9 Å². The number of fused-ring (bicyclic) bond motifs is 1. The number of hydrogen-bond donors (Lipinski definition) is 3. The maximum absolute atomic E-state index is 12.7. The molecule has 1 fully saturated rings. The van der Waals surface area contributed by atoms with Crippen LogP contribution in [0.4, 0.5) is 5.13 Å². The minimum Gasteiger partial charge on any atom is -0.477 e. The normalized spacial score (nSPS) is 20.6. The Morgan fingerprint density at radius 2 is 2.16 bits per heavy atom. The van der Waals surface area contributed by atoms with Crippen LogP contribution in [0.2, 0.25) is 0 Å². The summed E-state index contributed by atoms with van der Waals surface area (Å²) in [6.45, 7) is 2.82. The van der Waals surface area contributed by atoms with Gasteiger partial charge in [-0.1, -0.05) is 5.16 Å². The van der Waals surface area contributed by atoms with E-state index in [-0.39, 0.29) is 41.3 Å². The van der Waals surface area contributed by atoms with Crippen LogP contribution in [0.1, 0.15) is 19.7 Å². The molecule has 0 aromatic carbocycles. The Balaban J connectivity index is 1.78. The van der Waals surface area contributed by atoms with E-state index in [9.17, 15) is 24.3 Å². The summed E-state index contributed by atoms with van der Waals surface area (Å²) in [7, 11) is 0. The van der Waals surface area contributed by atoms with Crippen LogP contribution in [-0.4, -0.2) is 79.2 Å². The molecule has 1 aromatic rings. The van der Waals surface area contributed by atoms with Crippen molar-refractivity contribution in [2.45, 2.75) is 25.3 Å². The average Bonchev–Trinajstić information content (AvgIpc) is 3.15. The molecule has 4 N–H and O–H groups in total. The zero-order chi connectivity index (χ0) is 22.7. The number of carboxylic acid groups (broad SMARTS) is 1. The first-order valence-electron chi connectivity index (χ1n) is 8.88. The van der Waals surface area contributed by atoms with Gasteiger partial charge < -0.3 is 25.7 Å². The van der Waals surface area contributed by atoms with Crippen LogP contribution in [0.5, 0.6) is 0 Å². The lowest BCUT2D eigenvalue weighted by molar-refractivity contribution is -0.150. The summed E-state index contributed by atoms with van der Waals surface area (Å²) < 4.78 is 8.81. The molecule has 0 bridgehead atoms. The van der Waals surface area contributed by atoms with Gasteiger partial charge in [-0.3, -0.25) is 19.3 Å². The zero-order valence-electron chi connectivity index (χ0n) is 16.4. The molecule has 0 unspecified atom stereocenters. The van der Waals surface area contributed by atoms with E-state index in [0.29, 0.717) is 5.57 Å². The fraction of sp³-hybridized carbons (Fsp3) is 0.438. The minimum atomic E-state index is -1.33. The predicted octanol–water partition coefficient (Wildman–Crippen LogP) is -0.837. The predicted molar refractivity (Wildman–Crippen MR) is 109 cm³/mol. The molecule has 166 valence electrons. The van der Waals surface area contributed by atoms with E-state index in [1.165, 1.54) is 18.7 Å². The topological polar surface area (TPSA) is 186 Å². The average molecular weight is 470 g/mol. The van der Waals surface area contributed by atoms with E-state index in [1.807, 2.05) is 0 Å². The lowest BCUT2D eigenvalue weighted by Gasteiger charge is -2.49. The van der Waals surface area contributed by atoms with Crippen molar-refractivity contribution in [1.82, 2.24) is 19.6 Å². The summed E-state index contributed by atoms with van der Waals surface area (Å²) in [6.07, 6.45) is 0. The number of rotatable bonds is 8. The highest BCUT2D eigenvalue weighted by molar-refractivity contribution is 8.00. The van der Waals surface area contributed by atoms with E-state index in [2.05, 4.69) is 19.8 Å². The van der Waals surface area contributed by atoms with Crippen molar-refractivity contribution in [2.75, 3.05) is 24.7 Å². The maximum Gasteiger partial charge on any atom is 0.352 e. The van der Waals surface area contributed by atoms with Gasteiger partial charge in [0.25, 0.3) is 11.8 Å². The summed E-state index contributed by atoms with van der Waals surface area (Å²) in [6, 6.07) is -0.995. The van der Waals surface area contributed by atoms with Gasteiger partial charge in [-0.2, -0.15) is 9.36 Å². The Hall–Kier alpha value is -3.20. The van der Waals surface area contributed by atoms with Gasteiger partial charge in [0, 0.05) is 29.8 Å². The zero-order valence-corrected chi connectivity index (χ0v) is 18.0. The lowest BCUT2D eigenvalue weighted by Crippen LogP contribution is -2.71. The molecule has 3 rings (SSSR count). The van der Waals surface area contributed by atoms with Crippen LogP contribution in [0.15, 0.2) is 16.4 Å². The summed E-state index contributed by atoms with van der Waals surface area (Å²) in [5.74, 6) is -3.13. The number of amides is 2. The van der Waals surface area contributed by atoms with Crippen LogP contribution in [0.3, 0.4) is 0 Å². The molecule has 1 aromatic heterocycles. The first-order valence-corrected chi connectivity index (χ1v) is 10.7. The Labute approximate surface area is 183 Å². The molecule has 3 heterocycles. The molecule has 31 heavy (non-hydrogen) atoms. The van der Waals surface area contributed by atoms with Crippen LogP contribution >= 0.6 is 23.3 Å². The summed E-state index contributed by atoms with van der Waals surface area (Å²) in [4.78, 5) is 58.1. The number of carbonyl (C=O) groups excluding carboxylic acids is 3. The number of oxime groups is 1. The highest BCUT2D eigenvalue weighted by Gasteiger charge is 2.54. The van der Waals surface area contributed by atoms with E-state index in [1.54, 1.807) is 6.92 Å². The number of carbonyl (C=O) groups is 4. The number of thioether (sulfide) groups is 1. The molecule has 2 aliphatic heterocycles. The third-order valence-corrected chi connectivity index (χ3v) is 6.02. The number of nitrogens with zero attached hydrogens (tertiary/aromatic N) is 4. The number of anilines is 1. The van der Waals surface area contributed by atoms with Gasteiger partial charge in [0.15, 0.2) is 5.13 Å². The SMILES string of the molecule is CCO/N=C(\C(=O)N[C@@H]1C(=O)N2C(C(=O)O)=C(COC(C)=O)CS[C@H]12)c1nsc(N)n1. The van der Waals surface area contributed by atoms with E-state index in [4.69, 9.17) is 15.3 Å². The number of aromatic nitrogens is 2. The second kappa shape index (κ2) is 9.30. The van der Waals surface area contributed by atoms with Crippen molar-refractivity contribution in [3.8, 4) is 0 Å². The molecule has 2 amide bonds. The highest BCUT2D eigenvalue weighted by Crippen LogP contribution is 2.40. The van der Waals surface area contributed by atoms with Crippen molar-refractivity contribution in [2.24, 2.45) is 5.16 Å². The Bertz CT molecular complexity index is 991. The fourth-order valence-corrected chi connectivity index (χ4v) is 4.60. The van der Waals surface area contributed by atoms with Crippen molar-refractivity contribution >= 4 is 57.9 Å². The molecule has 0 spiro atoms. The molecule has 1 saturated heterocycles. The second-order valence-corrected chi connectivity index (χ2v) is 8.10.